The van der Waals surface area contributed by atoms with Crippen molar-refractivity contribution in [2.24, 2.45) is 5.92 Å². The Labute approximate surface area is 247 Å². The molecule has 1 fully saturated rings. The number of carbonyl (C=O) groups is 2. The normalized spacial score (nSPS) is 21.0. The highest BCUT2D eigenvalue weighted by Crippen LogP contribution is 2.40. The van der Waals surface area contributed by atoms with Crippen LogP contribution in [0.2, 0.25) is 0 Å². The molecule has 3 atom stereocenters. The lowest BCUT2D eigenvalue weighted by molar-refractivity contribution is 0.0973. The number of nitrogens with zero attached hydrogens (tertiary/aromatic N) is 3. The van der Waals surface area contributed by atoms with Crippen molar-refractivity contribution in [2.75, 3.05) is 28.2 Å². The fourth-order valence-electron chi connectivity index (χ4n) is 6.90. The zero-order valence-electron chi connectivity index (χ0n) is 23.3. The molecule has 7 rings (SSSR count). The lowest BCUT2D eigenvalue weighted by atomic mass is 9.83. The van der Waals surface area contributed by atoms with E-state index in [0.717, 1.165) is 42.0 Å². The Hall–Kier alpha value is -4.24. The summed E-state index contributed by atoms with van der Waals surface area (Å²) in [5, 5.41) is 4.95. The van der Waals surface area contributed by atoms with E-state index in [1.54, 1.807) is 29.2 Å². The number of hydrogen-bond acceptors (Lipinski definition) is 5. The molecular formula is C33H31FN4O3S. The molecule has 214 valence electrons. The molecule has 4 aromatic rings. The van der Waals surface area contributed by atoms with Crippen LogP contribution in [0.5, 0.6) is 0 Å². The molecule has 7 nitrogen and oxygen atoms in total. The van der Waals surface area contributed by atoms with Crippen molar-refractivity contribution >= 4 is 40.2 Å². The van der Waals surface area contributed by atoms with Crippen LogP contribution in [0.25, 0.3) is 0 Å². The van der Waals surface area contributed by atoms with Crippen LogP contribution in [0.3, 0.4) is 0 Å². The lowest BCUT2D eigenvalue weighted by Crippen LogP contribution is -2.47. The maximum Gasteiger partial charge on any atom is 0.265 e. The molecule has 2 aromatic carbocycles. The molecule has 42 heavy (non-hydrogen) atoms. The van der Waals surface area contributed by atoms with E-state index >= 15 is 0 Å². The summed E-state index contributed by atoms with van der Waals surface area (Å²) < 4.78 is 15.9. The number of benzene rings is 2. The molecule has 1 saturated heterocycles. The van der Waals surface area contributed by atoms with Gasteiger partial charge in [-0.2, -0.15) is 0 Å². The first-order valence-corrected chi connectivity index (χ1v) is 15.3. The minimum Gasteiger partial charge on any atom is -0.369 e. The molecule has 3 aliphatic rings. The number of pyridine rings is 1. The highest BCUT2D eigenvalue weighted by atomic mass is 32.1. The predicted octanol–water partition coefficient (Wildman–Crippen LogP) is 5.91. The third-order valence-corrected chi connectivity index (χ3v) is 9.72. The Balaban J connectivity index is 1.25. The van der Waals surface area contributed by atoms with Gasteiger partial charge in [0.05, 0.1) is 16.3 Å². The van der Waals surface area contributed by atoms with Crippen molar-refractivity contribution < 1.29 is 14.0 Å². The molecule has 2 aromatic heterocycles. The molecule has 0 radical (unpaired) electrons. The summed E-state index contributed by atoms with van der Waals surface area (Å²) in [6, 6.07) is 19.2. The Morgan fingerprint density at radius 3 is 2.67 bits per heavy atom. The predicted molar refractivity (Wildman–Crippen MR) is 163 cm³/mol. The van der Waals surface area contributed by atoms with Gasteiger partial charge in [-0.1, -0.05) is 12.1 Å². The summed E-state index contributed by atoms with van der Waals surface area (Å²) in [6.07, 6.45) is 2.47. The quantitative estimate of drug-likeness (QED) is 0.325. The van der Waals surface area contributed by atoms with Crippen LogP contribution in [0, 0.1) is 11.7 Å². The van der Waals surface area contributed by atoms with Gasteiger partial charge < -0.3 is 19.7 Å². The summed E-state index contributed by atoms with van der Waals surface area (Å²) in [4.78, 5) is 44.4. The van der Waals surface area contributed by atoms with E-state index in [9.17, 15) is 18.8 Å². The highest BCUT2D eigenvalue weighted by Gasteiger charge is 2.36. The zero-order valence-corrected chi connectivity index (χ0v) is 24.1. The molecule has 3 unspecified atom stereocenters. The van der Waals surface area contributed by atoms with Gasteiger partial charge in [0.2, 0.25) is 0 Å². The zero-order chi connectivity index (χ0) is 29.0. The van der Waals surface area contributed by atoms with Crippen molar-refractivity contribution in [3.8, 4) is 0 Å². The average Bonchev–Trinajstić information content (AvgIpc) is 3.53. The molecule has 2 amide bonds. The number of rotatable bonds is 4. The fourth-order valence-corrected chi connectivity index (χ4v) is 7.52. The van der Waals surface area contributed by atoms with E-state index in [2.05, 4.69) is 10.2 Å². The Kier molecular flexibility index (Phi) is 6.69. The van der Waals surface area contributed by atoms with Gasteiger partial charge >= 0.3 is 0 Å². The van der Waals surface area contributed by atoms with Crippen LogP contribution in [0.15, 0.2) is 76.9 Å². The number of thiophene rings is 1. The van der Waals surface area contributed by atoms with E-state index in [4.69, 9.17) is 0 Å². The molecular weight excluding hydrogens is 551 g/mol. The number of halogens is 1. The van der Waals surface area contributed by atoms with Gasteiger partial charge in [0.25, 0.3) is 17.4 Å². The van der Waals surface area contributed by atoms with Crippen molar-refractivity contribution in [1.29, 1.82) is 0 Å². The van der Waals surface area contributed by atoms with Crippen molar-refractivity contribution in [3.05, 3.63) is 110 Å². The van der Waals surface area contributed by atoms with Crippen molar-refractivity contribution in [3.63, 3.8) is 0 Å². The number of carbonyl (C=O) groups excluding carboxylic acids is 2. The number of anilines is 3. The third kappa shape index (κ3) is 4.71. The van der Waals surface area contributed by atoms with E-state index in [1.165, 1.54) is 23.5 Å². The minimum atomic E-state index is -0.308. The summed E-state index contributed by atoms with van der Waals surface area (Å²) in [5.74, 6) is -0.226. The number of nitrogens with one attached hydrogen (secondary N) is 1. The number of hydrogen-bond donors (Lipinski definition) is 1. The van der Waals surface area contributed by atoms with Crippen LogP contribution in [0.4, 0.5) is 21.5 Å². The molecule has 0 spiro atoms. The summed E-state index contributed by atoms with van der Waals surface area (Å²) in [7, 11) is 0. The Morgan fingerprint density at radius 2 is 1.83 bits per heavy atom. The van der Waals surface area contributed by atoms with Crippen LogP contribution in [-0.4, -0.2) is 35.5 Å². The van der Waals surface area contributed by atoms with Gasteiger partial charge in [0, 0.05) is 54.6 Å². The van der Waals surface area contributed by atoms with Crippen LogP contribution in [0.1, 0.15) is 57.0 Å². The van der Waals surface area contributed by atoms with E-state index in [0.29, 0.717) is 41.6 Å². The van der Waals surface area contributed by atoms with Crippen molar-refractivity contribution in [1.82, 2.24) is 4.57 Å². The molecule has 1 N–H and O–H groups in total. The van der Waals surface area contributed by atoms with Crippen LogP contribution >= 0.6 is 11.3 Å². The standard InChI is InChI=1S/C33H31FN4O3S/c1-20-7-8-22-15-25(34)10-12-28(22)38(20)33(41)23-9-11-29(26(16-23)35-32(40)30-5-3-13-42-30)36-17-21-14-24(19-36)27-4-2-6-31(39)37(27)18-21/h2-6,9-13,15-16,20-21,24H,7-8,14,17-19H2,1H3,(H,35,40). The minimum absolute atomic E-state index is 0.0404. The number of piperidine rings is 1. The topological polar surface area (TPSA) is 74.7 Å². The molecule has 2 bridgehead atoms. The first kappa shape index (κ1) is 26.6. The van der Waals surface area contributed by atoms with E-state index < -0.39 is 0 Å². The average molecular weight is 583 g/mol. The second-order valence-corrected chi connectivity index (χ2v) is 12.6. The van der Waals surface area contributed by atoms with Gasteiger partial charge in [-0.25, -0.2) is 4.39 Å². The Morgan fingerprint density at radius 1 is 0.976 bits per heavy atom. The van der Waals surface area contributed by atoms with Gasteiger partial charge in [0.15, 0.2) is 0 Å². The van der Waals surface area contributed by atoms with Crippen LogP contribution < -0.4 is 20.7 Å². The van der Waals surface area contributed by atoms with Crippen LogP contribution in [-0.2, 0) is 13.0 Å². The molecule has 0 aliphatic carbocycles. The van der Waals surface area contributed by atoms with Gasteiger partial charge in [-0.15, -0.1) is 11.3 Å². The van der Waals surface area contributed by atoms with Gasteiger partial charge in [-0.3, -0.25) is 14.4 Å². The number of aryl methyl sites for hydroxylation is 1. The van der Waals surface area contributed by atoms with E-state index in [1.807, 2.05) is 47.2 Å². The largest absolute Gasteiger partial charge is 0.369 e. The second-order valence-electron chi connectivity index (χ2n) is 11.6. The fraction of sp³-hybridized carbons (Fsp3) is 0.303. The SMILES string of the molecule is CC1CCc2cc(F)ccc2N1C(=O)c1ccc(N2CC3CC(C2)c2cccc(=O)n2C3)c(NC(=O)c2cccs2)c1. The number of amides is 2. The summed E-state index contributed by atoms with van der Waals surface area (Å²) in [6.45, 7) is 4.13. The Bertz CT molecular complexity index is 1750. The smallest absolute Gasteiger partial charge is 0.265 e. The van der Waals surface area contributed by atoms with E-state index in [-0.39, 0.29) is 35.2 Å². The first-order chi connectivity index (χ1) is 20.4. The highest BCUT2D eigenvalue weighted by molar-refractivity contribution is 7.12. The summed E-state index contributed by atoms with van der Waals surface area (Å²) in [5.41, 5.74) is 4.53. The first-order valence-electron chi connectivity index (χ1n) is 14.4. The maximum absolute atomic E-state index is 14.0. The molecule has 3 aliphatic heterocycles. The monoisotopic (exact) mass is 582 g/mol. The molecule has 0 saturated carbocycles. The number of fused-ring (bicyclic) bond motifs is 5. The van der Waals surface area contributed by atoms with Gasteiger partial charge in [-0.05, 0) is 91.6 Å². The molecule has 9 heteroatoms. The molecule has 5 heterocycles. The summed E-state index contributed by atoms with van der Waals surface area (Å²) >= 11 is 1.36. The lowest BCUT2D eigenvalue weighted by Gasteiger charge is -2.44. The number of aromatic nitrogens is 1. The van der Waals surface area contributed by atoms with Crippen molar-refractivity contribution in [2.45, 2.75) is 44.7 Å². The van der Waals surface area contributed by atoms with Gasteiger partial charge in [0.1, 0.15) is 5.82 Å². The maximum atomic E-state index is 14.0. The third-order valence-electron chi connectivity index (χ3n) is 8.85. The second kappa shape index (κ2) is 10.5.